The van der Waals surface area contributed by atoms with E-state index in [0.29, 0.717) is 18.0 Å². The highest BCUT2D eigenvalue weighted by Gasteiger charge is 2.07. The zero-order chi connectivity index (χ0) is 22.2. The second-order valence-electron chi connectivity index (χ2n) is 7.34. The van der Waals surface area contributed by atoms with Crippen LogP contribution in [-0.4, -0.2) is 48.0 Å². The van der Waals surface area contributed by atoms with Gasteiger partial charge in [-0.15, -0.1) is 0 Å². The summed E-state index contributed by atoms with van der Waals surface area (Å²) in [7, 11) is 3.93. The fraction of sp³-hybridized carbons (Fsp3) is 0.261. The van der Waals surface area contributed by atoms with Gasteiger partial charge in [0.25, 0.3) is 5.56 Å². The Balaban J connectivity index is 1.60. The minimum Gasteiger partial charge on any atom is -0.449 e. The fourth-order valence-corrected chi connectivity index (χ4v) is 2.90. The molecule has 0 spiro atoms. The molecule has 0 bridgehead atoms. The number of aromatic nitrogens is 2. The Hall–Kier alpha value is -3.52. The van der Waals surface area contributed by atoms with Crippen LogP contribution in [0.2, 0.25) is 0 Å². The summed E-state index contributed by atoms with van der Waals surface area (Å²) >= 11 is 0. The van der Waals surface area contributed by atoms with Crippen molar-refractivity contribution in [3.63, 3.8) is 0 Å². The predicted octanol–water partition coefficient (Wildman–Crippen LogP) is 3.60. The van der Waals surface area contributed by atoms with E-state index in [2.05, 4.69) is 10.4 Å². The summed E-state index contributed by atoms with van der Waals surface area (Å²) in [6.45, 7) is 1.46. The van der Waals surface area contributed by atoms with E-state index in [4.69, 9.17) is 4.74 Å². The van der Waals surface area contributed by atoms with Crippen molar-refractivity contribution in [2.24, 2.45) is 0 Å². The molecule has 1 N–H and O–H groups in total. The molecule has 2 aromatic carbocycles. The fourth-order valence-electron chi connectivity index (χ4n) is 2.90. The Bertz CT molecular complexity index is 1060. The maximum atomic E-state index is 13.1. The topological polar surface area (TPSA) is 76.5 Å². The van der Waals surface area contributed by atoms with Gasteiger partial charge in [0.2, 0.25) is 0 Å². The van der Waals surface area contributed by atoms with Crippen LogP contribution in [0.15, 0.2) is 65.5 Å². The zero-order valence-electron chi connectivity index (χ0n) is 17.5. The number of hydrogen-bond acceptors (Lipinski definition) is 5. The third-order valence-corrected chi connectivity index (χ3v) is 4.52. The predicted molar refractivity (Wildman–Crippen MR) is 118 cm³/mol. The average molecular weight is 424 g/mol. The lowest BCUT2D eigenvalue weighted by Crippen LogP contribution is -2.22. The van der Waals surface area contributed by atoms with Gasteiger partial charge in [0, 0.05) is 23.9 Å². The molecule has 8 heteroatoms. The molecule has 3 aromatic rings. The van der Waals surface area contributed by atoms with Gasteiger partial charge in [-0.1, -0.05) is 12.1 Å². The Morgan fingerprint density at radius 1 is 1.06 bits per heavy atom. The number of carbonyl (C=O) groups is 1. The van der Waals surface area contributed by atoms with Crippen molar-refractivity contribution in [3.05, 3.63) is 82.4 Å². The van der Waals surface area contributed by atoms with Crippen molar-refractivity contribution in [2.75, 3.05) is 32.6 Å². The summed E-state index contributed by atoms with van der Waals surface area (Å²) in [5.74, 6) is -0.330. The van der Waals surface area contributed by atoms with Gasteiger partial charge in [0.1, 0.15) is 5.82 Å². The number of carbonyl (C=O) groups excluding carboxylic acids is 1. The first kappa shape index (κ1) is 22.2. The molecule has 0 atom stereocenters. The number of benzene rings is 2. The smallest absolute Gasteiger partial charge is 0.411 e. The first-order valence-corrected chi connectivity index (χ1v) is 9.92. The van der Waals surface area contributed by atoms with Crippen molar-refractivity contribution in [1.82, 2.24) is 14.7 Å². The van der Waals surface area contributed by atoms with E-state index >= 15 is 0 Å². The van der Waals surface area contributed by atoms with Crippen LogP contribution >= 0.6 is 0 Å². The number of hydrogen-bond donors (Lipinski definition) is 1. The number of ether oxygens (including phenoxy) is 1. The highest BCUT2D eigenvalue weighted by atomic mass is 19.1. The zero-order valence-corrected chi connectivity index (χ0v) is 17.5. The third kappa shape index (κ3) is 6.75. The van der Waals surface area contributed by atoms with Crippen molar-refractivity contribution in [3.8, 4) is 11.3 Å². The highest BCUT2D eigenvalue weighted by Crippen LogP contribution is 2.16. The number of nitrogens with one attached hydrogen (secondary N) is 1. The molecule has 7 nitrogen and oxygen atoms in total. The highest BCUT2D eigenvalue weighted by molar-refractivity contribution is 5.84. The molecule has 31 heavy (non-hydrogen) atoms. The van der Waals surface area contributed by atoms with Crippen molar-refractivity contribution in [1.29, 1.82) is 0 Å². The first-order chi connectivity index (χ1) is 14.9. The number of rotatable bonds is 8. The van der Waals surface area contributed by atoms with Crippen LogP contribution in [0, 0.1) is 5.82 Å². The minimum atomic E-state index is -0.503. The SMILES string of the molecule is CN(C)CCCOC(=O)Nc1ccc(Cn2nc(-c3ccc(F)cc3)ccc2=O)cc1. The molecule has 3 rings (SSSR count). The van der Waals surface area contributed by atoms with Gasteiger partial charge >= 0.3 is 6.09 Å². The molecule has 0 saturated heterocycles. The number of amides is 1. The molecule has 0 saturated carbocycles. The molecule has 162 valence electrons. The molecule has 1 amide bonds. The second-order valence-corrected chi connectivity index (χ2v) is 7.34. The summed E-state index contributed by atoms with van der Waals surface area (Å²) < 4.78 is 19.6. The van der Waals surface area contributed by atoms with Crippen LogP contribution in [0.1, 0.15) is 12.0 Å². The molecule has 0 aliphatic rings. The first-order valence-electron chi connectivity index (χ1n) is 9.92. The molecule has 1 heterocycles. The van der Waals surface area contributed by atoms with Gasteiger partial charge in [-0.25, -0.2) is 13.9 Å². The van der Waals surface area contributed by atoms with E-state index in [1.807, 2.05) is 19.0 Å². The Morgan fingerprint density at radius 2 is 1.77 bits per heavy atom. The molecular formula is C23H25FN4O3. The molecule has 0 aliphatic heterocycles. The molecule has 0 unspecified atom stereocenters. The molecular weight excluding hydrogens is 399 g/mol. The lowest BCUT2D eigenvalue weighted by Gasteiger charge is -2.11. The van der Waals surface area contributed by atoms with Crippen molar-refractivity contribution < 1.29 is 13.9 Å². The van der Waals surface area contributed by atoms with Crippen LogP contribution in [0.5, 0.6) is 0 Å². The molecule has 0 fully saturated rings. The maximum absolute atomic E-state index is 13.1. The summed E-state index contributed by atoms with van der Waals surface area (Å²) in [5, 5.41) is 7.06. The van der Waals surface area contributed by atoms with Crippen LogP contribution in [0.3, 0.4) is 0 Å². The molecule has 0 radical (unpaired) electrons. The van der Waals surface area contributed by atoms with E-state index in [0.717, 1.165) is 24.1 Å². The summed E-state index contributed by atoms with van der Waals surface area (Å²) in [5.41, 5.74) is 2.50. The van der Waals surface area contributed by atoms with Gasteiger partial charge in [-0.05, 0) is 68.5 Å². The Morgan fingerprint density at radius 3 is 2.45 bits per heavy atom. The van der Waals surface area contributed by atoms with Gasteiger partial charge in [0.05, 0.1) is 18.8 Å². The van der Waals surface area contributed by atoms with E-state index in [9.17, 15) is 14.0 Å². The van der Waals surface area contributed by atoms with Crippen molar-refractivity contribution in [2.45, 2.75) is 13.0 Å². The number of anilines is 1. The van der Waals surface area contributed by atoms with Crippen LogP contribution in [0.4, 0.5) is 14.9 Å². The van der Waals surface area contributed by atoms with Crippen LogP contribution < -0.4 is 10.9 Å². The number of halogens is 1. The third-order valence-electron chi connectivity index (χ3n) is 4.52. The van der Waals surface area contributed by atoms with Gasteiger partial charge in [0.15, 0.2) is 0 Å². The van der Waals surface area contributed by atoms with Gasteiger partial charge in [-0.2, -0.15) is 5.10 Å². The second kappa shape index (κ2) is 10.5. The van der Waals surface area contributed by atoms with E-state index in [1.165, 1.54) is 22.9 Å². The van der Waals surface area contributed by atoms with Crippen LogP contribution in [-0.2, 0) is 11.3 Å². The van der Waals surface area contributed by atoms with E-state index < -0.39 is 6.09 Å². The van der Waals surface area contributed by atoms with E-state index in [1.54, 1.807) is 42.5 Å². The summed E-state index contributed by atoms with van der Waals surface area (Å²) in [4.78, 5) is 26.1. The van der Waals surface area contributed by atoms with Crippen LogP contribution in [0.25, 0.3) is 11.3 Å². The maximum Gasteiger partial charge on any atom is 0.411 e. The quantitative estimate of drug-likeness (QED) is 0.559. The van der Waals surface area contributed by atoms with E-state index in [-0.39, 0.29) is 17.9 Å². The minimum absolute atomic E-state index is 0.241. The molecule has 0 aliphatic carbocycles. The van der Waals surface area contributed by atoms with Gasteiger partial charge < -0.3 is 9.64 Å². The largest absolute Gasteiger partial charge is 0.449 e. The van der Waals surface area contributed by atoms with Crippen molar-refractivity contribution >= 4 is 11.8 Å². The lowest BCUT2D eigenvalue weighted by atomic mass is 10.1. The standard InChI is InChI=1S/C23H25FN4O3/c1-27(2)14-3-15-31-23(30)25-20-10-4-17(5-11-20)16-28-22(29)13-12-21(26-28)18-6-8-19(24)9-7-18/h4-13H,3,14-16H2,1-2H3,(H,25,30). The summed E-state index contributed by atoms with van der Waals surface area (Å²) in [6.07, 6.45) is 0.259. The average Bonchev–Trinajstić information content (AvgIpc) is 2.75. The lowest BCUT2D eigenvalue weighted by molar-refractivity contribution is 0.156. The Kier molecular flexibility index (Phi) is 7.50. The number of nitrogens with zero attached hydrogens (tertiary/aromatic N) is 3. The normalized spacial score (nSPS) is 10.8. The monoisotopic (exact) mass is 424 g/mol. The molecule has 1 aromatic heterocycles. The van der Waals surface area contributed by atoms with Gasteiger partial charge in [-0.3, -0.25) is 10.1 Å². The Labute approximate surface area is 180 Å². The summed E-state index contributed by atoms with van der Waals surface area (Å²) in [6, 6.07) is 16.1.